The third-order valence-corrected chi connectivity index (χ3v) is 10.1. The molecule has 4 fully saturated rings. The third-order valence-electron chi connectivity index (χ3n) is 8.98. The molecule has 7 nitrogen and oxygen atoms in total. The van der Waals surface area contributed by atoms with E-state index in [4.69, 9.17) is 42.1 Å². The van der Waals surface area contributed by atoms with Crippen LogP contribution in [0.2, 0.25) is 0 Å². The molecule has 3 aliphatic carbocycles. The van der Waals surface area contributed by atoms with Crippen LogP contribution < -0.4 is 0 Å². The van der Waals surface area contributed by atoms with Crippen molar-refractivity contribution in [2.45, 2.75) is 79.8 Å². The zero-order valence-electron chi connectivity index (χ0n) is 16.9. The maximum Gasteiger partial charge on any atom is 0.509 e. The Labute approximate surface area is 183 Å². The van der Waals surface area contributed by atoms with Gasteiger partial charge >= 0.3 is 12.1 Å². The van der Waals surface area contributed by atoms with Gasteiger partial charge in [-0.2, -0.15) is 0 Å². The van der Waals surface area contributed by atoms with Gasteiger partial charge in [-0.25, -0.2) is 9.59 Å². The van der Waals surface area contributed by atoms with Crippen LogP contribution in [-0.4, -0.2) is 63.6 Å². The van der Waals surface area contributed by atoms with E-state index >= 15 is 0 Å². The van der Waals surface area contributed by atoms with Crippen LogP contribution in [0, 0.1) is 17.3 Å². The molecule has 0 aromatic heterocycles. The van der Waals surface area contributed by atoms with Gasteiger partial charge in [-0.1, -0.05) is 20.8 Å². The number of halogens is 2. The number of hydrogen-bond donors (Lipinski definition) is 1. The molecule has 0 amide bonds. The molecule has 0 unspecified atom stereocenters. The number of carbonyl (C=O) groups excluding carboxylic acids is 2. The largest absolute Gasteiger partial charge is 0.509 e. The molecule has 3 heterocycles. The molecule has 2 saturated carbocycles. The first-order valence-corrected chi connectivity index (χ1v) is 11.4. The van der Waals surface area contributed by atoms with Crippen molar-refractivity contribution in [1.82, 2.24) is 0 Å². The highest BCUT2D eigenvalue weighted by molar-refractivity contribution is 6.24. The fraction of sp³-hybridized carbons (Fsp3) is 0.810. The molecule has 0 bridgehead atoms. The van der Waals surface area contributed by atoms with Gasteiger partial charge in [0.2, 0.25) is 5.60 Å². The second kappa shape index (κ2) is 5.48. The van der Waals surface area contributed by atoms with Crippen LogP contribution in [0.4, 0.5) is 4.79 Å². The number of rotatable bonds is 1. The first-order chi connectivity index (χ1) is 14.1. The number of esters is 1. The minimum absolute atomic E-state index is 0.0695. The molecule has 2 saturated heterocycles. The molecule has 164 valence electrons. The SMILES string of the molecule is CC(C)[C@]1(O)[C@H](Cl)[C@H]2O[C@]23[C@@]2(OC(=O)O[C@H]12)[C@H](Cl)C[C@H]1C2=C(CC[C@@]13C)C(=O)OC2. The summed E-state index contributed by atoms with van der Waals surface area (Å²) in [6, 6.07) is 0. The van der Waals surface area contributed by atoms with Gasteiger partial charge in [0.05, 0.1) is 10.8 Å². The van der Waals surface area contributed by atoms with E-state index in [-0.39, 0.29) is 24.4 Å². The lowest BCUT2D eigenvalue weighted by atomic mass is 9.44. The minimum atomic E-state index is -1.56. The Bertz CT molecular complexity index is 919. The summed E-state index contributed by atoms with van der Waals surface area (Å²) in [5.74, 6) is -0.653. The number of hydrogen-bond acceptors (Lipinski definition) is 7. The average molecular weight is 459 g/mol. The summed E-state index contributed by atoms with van der Waals surface area (Å²) in [5, 5.41) is 10.2. The molecule has 2 spiro atoms. The van der Waals surface area contributed by atoms with E-state index in [1.54, 1.807) is 0 Å². The lowest BCUT2D eigenvalue weighted by molar-refractivity contribution is -0.208. The van der Waals surface area contributed by atoms with E-state index < -0.39 is 51.3 Å². The predicted octanol–water partition coefficient (Wildman–Crippen LogP) is 2.69. The van der Waals surface area contributed by atoms with Gasteiger partial charge in [-0.05, 0) is 36.7 Å². The Morgan fingerprint density at radius 3 is 2.67 bits per heavy atom. The van der Waals surface area contributed by atoms with Gasteiger partial charge in [0.25, 0.3) is 0 Å². The Hall–Kier alpha value is -1.02. The number of aliphatic hydroxyl groups is 1. The maximum atomic E-state index is 12.5. The Balaban J connectivity index is 1.56. The number of carbonyl (C=O) groups is 2. The van der Waals surface area contributed by atoms with Gasteiger partial charge in [-0.15, -0.1) is 23.2 Å². The number of ether oxygens (including phenoxy) is 4. The Morgan fingerprint density at radius 1 is 1.23 bits per heavy atom. The molecular weight excluding hydrogens is 435 g/mol. The van der Waals surface area contributed by atoms with Crippen molar-refractivity contribution in [2.24, 2.45) is 17.3 Å². The molecule has 0 aromatic rings. The van der Waals surface area contributed by atoms with Gasteiger partial charge in [-0.3, -0.25) is 0 Å². The maximum absolute atomic E-state index is 12.5. The summed E-state index contributed by atoms with van der Waals surface area (Å²) in [7, 11) is 0. The molecule has 0 radical (unpaired) electrons. The fourth-order valence-corrected chi connectivity index (χ4v) is 8.52. The first kappa shape index (κ1) is 19.6. The molecule has 1 N–H and O–H groups in total. The molecule has 9 heteroatoms. The van der Waals surface area contributed by atoms with Crippen LogP contribution in [0.15, 0.2) is 11.1 Å². The molecule has 9 atom stereocenters. The minimum Gasteiger partial charge on any atom is -0.458 e. The monoisotopic (exact) mass is 458 g/mol. The Morgan fingerprint density at radius 2 is 1.97 bits per heavy atom. The van der Waals surface area contributed by atoms with Crippen molar-refractivity contribution in [2.75, 3.05) is 6.61 Å². The van der Waals surface area contributed by atoms with Crippen molar-refractivity contribution in [3.63, 3.8) is 0 Å². The second-order valence-corrected chi connectivity index (χ2v) is 11.1. The van der Waals surface area contributed by atoms with Crippen molar-refractivity contribution >= 4 is 35.3 Å². The zero-order valence-corrected chi connectivity index (χ0v) is 18.5. The van der Waals surface area contributed by atoms with Crippen molar-refractivity contribution < 1.29 is 33.6 Å². The zero-order chi connectivity index (χ0) is 21.4. The lowest BCUT2D eigenvalue weighted by Crippen LogP contribution is -2.80. The normalized spacial score (nSPS) is 55.6. The summed E-state index contributed by atoms with van der Waals surface area (Å²) in [4.78, 5) is 24.7. The standard InChI is InChI=1S/C21H24Cl2O7/c1-8(2)19(26)13(23)14-21(29-14)18(3)5-4-9-10(7-27-15(9)24)11(18)6-12(22)20(21)16(19)28-17(25)30-20/h8,11-14,16,26H,4-7H2,1-3H3/t11-,12+,13+,14+,16+,18-,19-,20+,21+/m0/s1. The second-order valence-electron chi connectivity index (χ2n) is 10.1. The number of cyclic esters (lactones) is 1. The van der Waals surface area contributed by atoms with Crippen LogP contribution in [0.5, 0.6) is 0 Å². The average Bonchev–Trinajstić information content (AvgIpc) is 3.21. The van der Waals surface area contributed by atoms with Crippen molar-refractivity contribution in [1.29, 1.82) is 0 Å². The van der Waals surface area contributed by atoms with E-state index in [0.717, 1.165) is 11.1 Å². The molecule has 0 aromatic carbocycles. The molecule has 6 aliphatic rings. The van der Waals surface area contributed by atoms with Gasteiger partial charge in [0, 0.05) is 11.0 Å². The number of fused-ring (bicyclic) bond motifs is 2. The van der Waals surface area contributed by atoms with Crippen molar-refractivity contribution in [3.8, 4) is 0 Å². The lowest BCUT2D eigenvalue weighted by Gasteiger charge is -2.62. The number of epoxide rings is 1. The van der Waals surface area contributed by atoms with Crippen LogP contribution in [0.25, 0.3) is 0 Å². The summed E-state index contributed by atoms with van der Waals surface area (Å²) in [5.41, 5.74) is -2.71. The van der Waals surface area contributed by atoms with Gasteiger partial charge in [0.15, 0.2) is 6.10 Å². The quantitative estimate of drug-likeness (QED) is 0.366. The van der Waals surface area contributed by atoms with Crippen LogP contribution in [0.1, 0.15) is 40.0 Å². The highest BCUT2D eigenvalue weighted by Crippen LogP contribution is 2.77. The summed E-state index contributed by atoms with van der Waals surface area (Å²) >= 11 is 13.9. The molecular formula is C21H24Cl2O7. The van der Waals surface area contributed by atoms with E-state index in [1.807, 2.05) is 13.8 Å². The summed E-state index contributed by atoms with van der Waals surface area (Å²) in [6.07, 6.45) is -0.798. The predicted molar refractivity (Wildman–Crippen MR) is 104 cm³/mol. The number of alkyl halides is 2. The summed E-state index contributed by atoms with van der Waals surface area (Å²) < 4.78 is 23.3. The molecule has 30 heavy (non-hydrogen) atoms. The highest BCUT2D eigenvalue weighted by atomic mass is 35.5. The molecule has 6 rings (SSSR count). The van der Waals surface area contributed by atoms with Crippen LogP contribution in [-0.2, 0) is 23.7 Å². The summed E-state index contributed by atoms with van der Waals surface area (Å²) in [6.45, 7) is 6.02. The Kier molecular flexibility index (Phi) is 3.59. The first-order valence-electron chi connectivity index (χ1n) is 10.5. The third kappa shape index (κ3) is 1.75. The van der Waals surface area contributed by atoms with Gasteiger partial charge < -0.3 is 24.1 Å². The van der Waals surface area contributed by atoms with Crippen LogP contribution >= 0.6 is 23.2 Å². The van der Waals surface area contributed by atoms with E-state index in [2.05, 4.69) is 6.92 Å². The van der Waals surface area contributed by atoms with E-state index in [1.165, 1.54) is 0 Å². The van der Waals surface area contributed by atoms with E-state index in [9.17, 15) is 14.7 Å². The fourth-order valence-electron chi connectivity index (χ4n) is 7.42. The van der Waals surface area contributed by atoms with Crippen LogP contribution in [0.3, 0.4) is 0 Å². The molecule has 3 aliphatic heterocycles. The van der Waals surface area contributed by atoms with Crippen molar-refractivity contribution in [3.05, 3.63) is 11.1 Å². The smallest absolute Gasteiger partial charge is 0.458 e. The topological polar surface area (TPSA) is 94.6 Å². The highest BCUT2D eigenvalue weighted by Gasteiger charge is 2.94. The van der Waals surface area contributed by atoms with Gasteiger partial charge in [0.1, 0.15) is 23.9 Å². The van der Waals surface area contributed by atoms with E-state index in [0.29, 0.717) is 19.3 Å².